The number of ether oxygens (including phenoxy) is 3. The molecule has 34 heavy (non-hydrogen) atoms. The third kappa shape index (κ3) is 4.49. The molecule has 4 aliphatic rings. The van der Waals surface area contributed by atoms with Crippen LogP contribution in [0.3, 0.4) is 0 Å². The molecular formula is C27H43NO6. The zero-order chi connectivity index (χ0) is 24.8. The van der Waals surface area contributed by atoms with Gasteiger partial charge >= 0.3 is 17.9 Å². The summed E-state index contributed by atoms with van der Waals surface area (Å²) in [6, 6.07) is 0.411. The molecule has 1 heterocycles. The Bertz CT molecular complexity index is 793. The van der Waals surface area contributed by atoms with E-state index >= 15 is 0 Å². The Morgan fingerprint density at radius 2 is 1.79 bits per heavy atom. The average Bonchev–Trinajstić information content (AvgIpc) is 3.51. The highest BCUT2D eigenvalue weighted by Gasteiger charge is 2.69. The summed E-state index contributed by atoms with van der Waals surface area (Å²) in [7, 11) is 0. The molecule has 3 saturated carbocycles. The summed E-state index contributed by atoms with van der Waals surface area (Å²) >= 11 is 0. The van der Waals surface area contributed by atoms with Gasteiger partial charge < -0.3 is 14.2 Å². The minimum Gasteiger partial charge on any atom is -0.465 e. The number of cyclic esters (lactones) is 1. The first kappa shape index (κ1) is 25.5. The number of esters is 3. The van der Waals surface area contributed by atoms with E-state index in [9.17, 15) is 14.4 Å². The first-order valence-electron chi connectivity index (χ1n) is 13.3. The summed E-state index contributed by atoms with van der Waals surface area (Å²) in [5, 5.41) is 0. The molecule has 1 spiro atoms. The van der Waals surface area contributed by atoms with Crippen molar-refractivity contribution in [2.45, 2.75) is 110 Å². The second-order valence-electron chi connectivity index (χ2n) is 12.2. The lowest BCUT2D eigenvalue weighted by Gasteiger charge is -2.40. The third-order valence-corrected chi connectivity index (χ3v) is 9.21. The highest BCUT2D eigenvalue weighted by molar-refractivity contribution is 5.83. The van der Waals surface area contributed by atoms with E-state index in [4.69, 9.17) is 14.2 Å². The van der Waals surface area contributed by atoms with Crippen LogP contribution in [0.25, 0.3) is 0 Å². The number of fused-ring (bicyclic) bond motifs is 3. The summed E-state index contributed by atoms with van der Waals surface area (Å²) in [4.78, 5) is 41.6. The number of carbonyl (C=O) groups is 3. The molecule has 3 aliphatic carbocycles. The molecule has 7 heteroatoms. The van der Waals surface area contributed by atoms with Crippen molar-refractivity contribution in [3.63, 3.8) is 0 Å². The normalized spacial score (nSPS) is 33.5. The summed E-state index contributed by atoms with van der Waals surface area (Å²) < 4.78 is 17.6. The maximum Gasteiger partial charge on any atom is 0.320 e. The lowest BCUT2D eigenvalue weighted by molar-refractivity contribution is -0.183. The van der Waals surface area contributed by atoms with Crippen LogP contribution in [0, 0.1) is 29.1 Å². The Balaban J connectivity index is 1.54. The van der Waals surface area contributed by atoms with E-state index in [2.05, 4.69) is 32.6 Å². The number of nitrogens with zero attached hydrogens (tertiary/aromatic N) is 1. The SMILES string of the molecule is CC(C)N(CC(=O)OC1C2CC(C1C(=O)OC(C)(C)C1CCCC1)C1(CCOC1=O)C2)C(C)C. The van der Waals surface area contributed by atoms with Gasteiger partial charge in [0.15, 0.2) is 0 Å². The fraction of sp³-hybridized carbons (Fsp3) is 0.889. The molecule has 2 bridgehead atoms. The molecule has 4 rings (SSSR count). The van der Waals surface area contributed by atoms with Crippen LogP contribution in [0.2, 0.25) is 0 Å². The van der Waals surface area contributed by atoms with Gasteiger partial charge in [0.25, 0.3) is 0 Å². The molecule has 5 unspecified atom stereocenters. The van der Waals surface area contributed by atoms with Crippen LogP contribution in [0.15, 0.2) is 0 Å². The van der Waals surface area contributed by atoms with Gasteiger partial charge in [-0.15, -0.1) is 0 Å². The molecule has 4 fully saturated rings. The third-order valence-electron chi connectivity index (χ3n) is 9.21. The van der Waals surface area contributed by atoms with Gasteiger partial charge in [-0.3, -0.25) is 19.3 Å². The van der Waals surface area contributed by atoms with Crippen LogP contribution < -0.4 is 0 Å². The summed E-state index contributed by atoms with van der Waals surface area (Å²) in [5.74, 6) is -1.29. The second kappa shape index (κ2) is 9.44. The van der Waals surface area contributed by atoms with Crippen LogP contribution in [0.5, 0.6) is 0 Å². The van der Waals surface area contributed by atoms with Crippen LogP contribution in [-0.4, -0.2) is 59.7 Å². The standard InChI is InChI=1S/C27H43NO6/c1-16(2)28(17(3)4)15-21(29)33-23-18-13-20(27(14-18)11-12-32-25(27)31)22(23)24(30)34-26(5,6)19-9-7-8-10-19/h16-20,22-23H,7-15H2,1-6H3. The fourth-order valence-corrected chi connectivity index (χ4v) is 7.41. The van der Waals surface area contributed by atoms with E-state index in [1.165, 1.54) is 0 Å². The maximum absolute atomic E-state index is 13.7. The average molecular weight is 478 g/mol. The smallest absolute Gasteiger partial charge is 0.320 e. The summed E-state index contributed by atoms with van der Waals surface area (Å²) in [6.07, 6.45) is 5.88. The molecule has 0 N–H and O–H groups in total. The molecule has 0 radical (unpaired) electrons. The molecule has 5 atom stereocenters. The van der Waals surface area contributed by atoms with Gasteiger partial charge in [0.05, 0.1) is 24.5 Å². The van der Waals surface area contributed by atoms with E-state index in [-0.39, 0.29) is 48.4 Å². The molecule has 0 amide bonds. The molecule has 0 aromatic rings. The van der Waals surface area contributed by atoms with Gasteiger partial charge in [0.2, 0.25) is 0 Å². The molecule has 0 aromatic carbocycles. The van der Waals surface area contributed by atoms with Gasteiger partial charge in [-0.2, -0.15) is 0 Å². The van der Waals surface area contributed by atoms with Crippen molar-refractivity contribution in [1.29, 1.82) is 0 Å². The summed E-state index contributed by atoms with van der Waals surface area (Å²) in [6.45, 7) is 12.8. The van der Waals surface area contributed by atoms with Crippen LogP contribution in [0.1, 0.15) is 86.5 Å². The van der Waals surface area contributed by atoms with Crippen LogP contribution >= 0.6 is 0 Å². The Hall–Kier alpha value is -1.63. The fourth-order valence-electron chi connectivity index (χ4n) is 7.41. The zero-order valence-electron chi connectivity index (χ0n) is 21.8. The molecular weight excluding hydrogens is 434 g/mol. The minimum atomic E-state index is -0.628. The minimum absolute atomic E-state index is 0.0155. The van der Waals surface area contributed by atoms with Crippen molar-refractivity contribution in [3.05, 3.63) is 0 Å². The van der Waals surface area contributed by atoms with Crippen molar-refractivity contribution in [2.75, 3.05) is 13.2 Å². The van der Waals surface area contributed by atoms with Crippen molar-refractivity contribution >= 4 is 17.9 Å². The quantitative estimate of drug-likeness (QED) is 0.384. The van der Waals surface area contributed by atoms with Gasteiger partial charge in [-0.1, -0.05) is 12.8 Å². The lowest BCUT2D eigenvalue weighted by Crippen LogP contribution is -2.50. The largest absolute Gasteiger partial charge is 0.465 e. The van der Waals surface area contributed by atoms with Gasteiger partial charge in [0, 0.05) is 12.1 Å². The van der Waals surface area contributed by atoms with Crippen LogP contribution in [-0.2, 0) is 28.6 Å². The number of hydrogen-bond donors (Lipinski definition) is 0. The van der Waals surface area contributed by atoms with Gasteiger partial charge in [-0.25, -0.2) is 0 Å². The van der Waals surface area contributed by atoms with Crippen molar-refractivity contribution in [2.24, 2.45) is 29.1 Å². The first-order valence-corrected chi connectivity index (χ1v) is 13.3. The van der Waals surface area contributed by atoms with Gasteiger partial charge in [0.1, 0.15) is 11.7 Å². The molecule has 0 aromatic heterocycles. The highest BCUT2D eigenvalue weighted by atomic mass is 16.6. The zero-order valence-corrected chi connectivity index (χ0v) is 21.8. The molecule has 1 saturated heterocycles. The maximum atomic E-state index is 13.7. The topological polar surface area (TPSA) is 82.1 Å². The number of hydrogen-bond acceptors (Lipinski definition) is 7. The van der Waals surface area contributed by atoms with E-state index in [0.29, 0.717) is 31.8 Å². The van der Waals surface area contributed by atoms with Gasteiger partial charge in [-0.05, 0) is 91.4 Å². The predicted molar refractivity (Wildman–Crippen MR) is 127 cm³/mol. The first-order chi connectivity index (χ1) is 16.0. The van der Waals surface area contributed by atoms with E-state index < -0.39 is 23.0 Å². The van der Waals surface area contributed by atoms with Crippen molar-refractivity contribution in [3.8, 4) is 0 Å². The predicted octanol–water partition coefficient (Wildman–Crippen LogP) is 4.12. The highest BCUT2D eigenvalue weighted by Crippen LogP contribution is 2.63. The molecule has 1 aliphatic heterocycles. The number of rotatable bonds is 8. The van der Waals surface area contributed by atoms with E-state index in [0.717, 1.165) is 25.7 Å². The van der Waals surface area contributed by atoms with Crippen LogP contribution in [0.4, 0.5) is 0 Å². The second-order valence-corrected chi connectivity index (χ2v) is 12.2. The number of carbonyl (C=O) groups excluding carboxylic acids is 3. The Kier molecular flexibility index (Phi) is 7.07. The van der Waals surface area contributed by atoms with E-state index in [1.807, 2.05) is 13.8 Å². The molecule has 7 nitrogen and oxygen atoms in total. The monoisotopic (exact) mass is 477 g/mol. The Morgan fingerprint density at radius 3 is 2.35 bits per heavy atom. The Labute approximate surface area is 204 Å². The Morgan fingerprint density at radius 1 is 1.15 bits per heavy atom. The van der Waals surface area contributed by atoms with E-state index in [1.54, 1.807) is 0 Å². The van der Waals surface area contributed by atoms with Crippen molar-refractivity contribution in [1.82, 2.24) is 4.90 Å². The molecule has 192 valence electrons. The lowest BCUT2D eigenvalue weighted by atomic mass is 9.66. The van der Waals surface area contributed by atoms with Crippen molar-refractivity contribution < 1.29 is 28.6 Å². The summed E-state index contributed by atoms with van der Waals surface area (Å²) in [5.41, 5.74) is -1.20.